The highest BCUT2D eigenvalue weighted by atomic mass is 127. The third kappa shape index (κ3) is 6.88. The third-order valence-corrected chi connectivity index (χ3v) is 6.20. The maximum absolute atomic E-state index is 12.1. The lowest BCUT2D eigenvalue weighted by atomic mass is 10.1. The van der Waals surface area contributed by atoms with E-state index in [1.54, 1.807) is 12.1 Å². The molecule has 0 aliphatic carbocycles. The van der Waals surface area contributed by atoms with Crippen LogP contribution in [0.4, 0.5) is 0 Å². The van der Waals surface area contributed by atoms with Gasteiger partial charge in [0.1, 0.15) is 0 Å². The zero-order valence-corrected chi connectivity index (χ0v) is 19.7. The fourth-order valence-electron chi connectivity index (χ4n) is 2.81. The quantitative estimate of drug-likeness (QED) is 0.345. The molecule has 1 aliphatic rings. The SMILES string of the molecule is CCNC(=NCc1ccc(S(=O)(=O)N(C)C)cc1)N(C)CC1CCOC1.I. The number of hydrogen-bond acceptors (Lipinski definition) is 4. The van der Waals surface area contributed by atoms with E-state index >= 15 is 0 Å². The first kappa shape index (κ1) is 24.1. The molecular weight excluding hydrogens is 479 g/mol. The minimum Gasteiger partial charge on any atom is -0.381 e. The van der Waals surface area contributed by atoms with E-state index in [4.69, 9.17) is 4.74 Å². The normalized spacial score (nSPS) is 17.7. The highest BCUT2D eigenvalue weighted by molar-refractivity contribution is 14.0. The molecule has 0 radical (unpaired) electrons. The van der Waals surface area contributed by atoms with Crippen LogP contribution in [0.1, 0.15) is 18.9 Å². The largest absolute Gasteiger partial charge is 0.381 e. The Labute approximate surface area is 180 Å². The van der Waals surface area contributed by atoms with Crippen LogP contribution in [0.15, 0.2) is 34.2 Å². The van der Waals surface area contributed by atoms with Gasteiger partial charge in [-0.15, -0.1) is 24.0 Å². The van der Waals surface area contributed by atoms with Gasteiger partial charge in [-0.25, -0.2) is 17.7 Å². The van der Waals surface area contributed by atoms with Gasteiger partial charge >= 0.3 is 0 Å². The van der Waals surface area contributed by atoms with Crippen LogP contribution >= 0.6 is 24.0 Å². The summed E-state index contributed by atoms with van der Waals surface area (Å²) in [5.41, 5.74) is 0.968. The number of nitrogens with one attached hydrogen (secondary N) is 1. The molecule has 0 bridgehead atoms. The molecule has 1 saturated heterocycles. The number of aliphatic imine (C=N–C) groups is 1. The molecule has 1 aromatic rings. The van der Waals surface area contributed by atoms with Crippen molar-refractivity contribution in [1.29, 1.82) is 0 Å². The number of ether oxygens (including phenoxy) is 1. The Morgan fingerprint density at radius 1 is 1.26 bits per heavy atom. The second kappa shape index (κ2) is 11.2. The number of sulfonamides is 1. The summed E-state index contributed by atoms with van der Waals surface area (Å²) < 4.78 is 30.9. The molecule has 1 heterocycles. The van der Waals surface area contributed by atoms with E-state index in [1.165, 1.54) is 18.4 Å². The van der Waals surface area contributed by atoms with Crippen molar-refractivity contribution in [3.8, 4) is 0 Å². The second-order valence-electron chi connectivity index (χ2n) is 6.71. The Balaban J connectivity index is 0.00000364. The van der Waals surface area contributed by atoms with Crippen LogP contribution in [-0.2, 0) is 21.3 Å². The van der Waals surface area contributed by atoms with Crippen LogP contribution in [0.25, 0.3) is 0 Å². The summed E-state index contributed by atoms with van der Waals surface area (Å²) in [5.74, 6) is 1.39. The number of nitrogens with zero attached hydrogens (tertiary/aromatic N) is 3. The van der Waals surface area contributed by atoms with E-state index in [1.807, 2.05) is 26.1 Å². The van der Waals surface area contributed by atoms with Crippen LogP contribution < -0.4 is 5.32 Å². The van der Waals surface area contributed by atoms with Gasteiger partial charge in [0.15, 0.2) is 5.96 Å². The minimum absolute atomic E-state index is 0. The second-order valence-corrected chi connectivity index (χ2v) is 8.86. The molecule has 154 valence electrons. The van der Waals surface area contributed by atoms with E-state index in [2.05, 4.69) is 15.2 Å². The molecule has 1 N–H and O–H groups in total. The maximum atomic E-state index is 12.1. The van der Waals surface area contributed by atoms with Gasteiger partial charge in [0.2, 0.25) is 10.0 Å². The van der Waals surface area contributed by atoms with Crippen molar-refractivity contribution in [3.05, 3.63) is 29.8 Å². The molecule has 9 heteroatoms. The smallest absolute Gasteiger partial charge is 0.242 e. The number of rotatable bonds is 7. The molecule has 1 atom stereocenters. The van der Waals surface area contributed by atoms with Crippen LogP contribution in [-0.4, -0.2) is 71.0 Å². The van der Waals surface area contributed by atoms with Crippen LogP contribution in [0, 0.1) is 5.92 Å². The van der Waals surface area contributed by atoms with Gasteiger partial charge in [-0.1, -0.05) is 12.1 Å². The lowest BCUT2D eigenvalue weighted by molar-refractivity contribution is 0.181. The standard InChI is InChI=1S/C18H30N4O3S.HI/c1-5-19-18(22(4)13-16-10-11-25-14-16)20-12-15-6-8-17(9-7-15)26(23,24)21(2)3;/h6-9,16H,5,10-14H2,1-4H3,(H,19,20);1H. The third-order valence-electron chi connectivity index (χ3n) is 4.37. The van der Waals surface area contributed by atoms with Gasteiger partial charge in [-0.2, -0.15) is 0 Å². The van der Waals surface area contributed by atoms with E-state index in [-0.39, 0.29) is 24.0 Å². The topological polar surface area (TPSA) is 74.2 Å². The first-order valence-electron chi connectivity index (χ1n) is 8.93. The number of guanidine groups is 1. The van der Waals surface area contributed by atoms with Crippen molar-refractivity contribution in [2.24, 2.45) is 10.9 Å². The Morgan fingerprint density at radius 2 is 1.93 bits per heavy atom. The Hall–Kier alpha value is -0.910. The monoisotopic (exact) mass is 510 g/mol. The van der Waals surface area contributed by atoms with Gasteiger partial charge in [0, 0.05) is 46.8 Å². The van der Waals surface area contributed by atoms with E-state index in [0.717, 1.165) is 44.2 Å². The molecule has 0 saturated carbocycles. The molecule has 1 aromatic carbocycles. The van der Waals surface area contributed by atoms with Crippen molar-refractivity contribution in [2.45, 2.75) is 24.8 Å². The molecule has 27 heavy (non-hydrogen) atoms. The fourth-order valence-corrected chi connectivity index (χ4v) is 3.72. The van der Waals surface area contributed by atoms with Gasteiger partial charge < -0.3 is 15.0 Å². The first-order valence-corrected chi connectivity index (χ1v) is 10.4. The summed E-state index contributed by atoms with van der Waals surface area (Å²) in [5, 5.41) is 3.31. The number of benzene rings is 1. The van der Waals surface area contributed by atoms with E-state index < -0.39 is 10.0 Å². The molecule has 1 unspecified atom stereocenters. The molecule has 7 nitrogen and oxygen atoms in total. The zero-order chi connectivity index (χ0) is 19.2. The summed E-state index contributed by atoms with van der Waals surface area (Å²) in [6.07, 6.45) is 1.09. The zero-order valence-electron chi connectivity index (χ0n) is 16.5. The van der Waals surface area contributed by atoms with Gasteiger partial charge in [-0.05, 0) is 31.0 Å². The molecule has 0 amide bonds. The molecule has 1 fully saturated rings. The maximum Gasteiger partial charge on any atom is 0.242 e. The Morgan fingerprint density at radius 3 is 2.44 bits per heavy atom. The highest BCUT2D eigenvalue weighted by Gasteiger charge is 2.19. The van der Waals surface area contributed by atoms with Gasteiger partial charge in [0.05, 0.1) is 18.0 Å². The summed E-state index contributed by atoms with van der Waals surface area (Å²) in [7, 11) is 1.70. The lowest BCUT2D eigenvalue weighted by Gasteiger charge is -2.24. The lowest BCUT2D eigenvalue weighted by Crippen LogP contribution is -2.41. The van der Waals surface area contributed by atoms with Crippen molar-refractivity contribution in [3.63, 3.8) is 0 Å². The molecule has 1 aliphatic heterocycles. The number of halogens is 1. The molecule has 0 spiro atoms. The Bertz CT molecular complexity index is 702. The van der Waals surface area contributed by atoms with E-state index in [0.29, 0.717) is 17.4 Å². The predicted molar refractivity (Wildman–Crippen MR) is 119 cm³/mol. The van der Waals surface area contributed by atoms with Crippen LogP contribution in [0.5, 0.6) is 0 Å². The summed E-state index contributed by atoms with van der Waals surface area (Å²) >= 11 is 0. The molecular formula is C18H31IN4O3S. The fraction of sp³-hybridized carbons (Fsp3) is 0.611. The summed E-state index contributed by atoms with van der Waals surface area (Å²) in [6.45, 7) is 5.90. The van der Waals surface area contributed by atoms with Crippen LogP contribution in [0.3, 0.4) is 0 Å². The summed E-state index contributed by atoms with van der Waals surface area (Å²) in [6, 6.07) is 6.89. The average molecular weight is 510 g/mol. The highest BCUT2D eigenvalue weighted by Crippen LogP contribution is 2.15. The average Bonchev–Trinajstić information content (AvgIpc) is 3.11. The summed E-state index contributed by atoms with van der Waals surface area (Å²) in [4.78, 5) is 7.11. The Kier molecular flexibility index (Phi) is 9.99. The first-order chi connectivity index (χ1) is 12.3. The van der Waals surface area contributed by atoms with Gasteiger partial charge in [0.25, 0.3) is 0 Å². The van der Waals surface area contributed by atoms with Crippen molar-refractivity contribution in [2.75, 3.05) is 47.4 Å². The van der Waals surface area contributed by atoms with Gasteiger partial charge in [-0.3, -0.25) is 0 Å². The number of hydrogen-bond donors (Lipinski definition) is 1. The predicted octanol–water partition coefficient (Wildman–Crippen LogP) is 1.99. The van der Waals surface area contributed by atoms with Crippen molar-refractivity contribution in [1.82, 2.24) is 14.5 Å². The molecule has 2 rings (SSSR count). The van der Waals surface area contributed by atoms with Crippen molar-refractivity contribution >= 4 is 40.0 Å². The van der Waals surface area contributed by atoms with Crippen LogP contribution in [0.2, 0.25) is 0 Å². The van der Waals surface area contributed by atoms with Crippen molar-refractivity contribution < 1.29 is 13.2 Å². The van der Waals surface area contributed by atoms with E-state index in [9.17, 15) is 8.42 Å². The molecule has 0 aromatic heterocycles. The minimum atomic E-state index is -3.40.